The minimum Gasteiger partial charge on any atom is -0.396 e. The van der Waals surface area contributed by atoms with Gasteiger partial charge in [-0.1, -0.05) is 106 Å². The molecule has 0 aliphatic carbocycles. The van der Waals surface area contributed by atoms with Crippen molar-refractivity contribution in [1.29, 1.82) is 0 Å². The van der Waals surface area contributed by atoms with Crippen LogP contribution in [0.15, 0.2) is 18.6 Å². The molecule has 32 heteroatoms. The van der Waals surface area contributed by atoms with Gasteiger partial charge in [0.05, 0.1) is 118 Å². The lowest BCUT2D eigenvalue weighted by Crippen LogP contribution is -2.58. The fourth-order valence-corrected chi connectivity index (χ4v) is 13.3. The summed E-state index contributed by atoms with van der Waals surface area (Å²) in [6.45, 7) is -1.08. The van der Waals surface area contributed by atoms with E-state index in [1.807, 2.05) is 0 Å². The molecule has 12 N–H and O–H groups in total. The van der Waals surface area contributed by atoms with Gasteiger partial charge in [-0.15, -0.1) is 15.3 Å². The summed E-state index contributed by atoms with van der Waals surface area (Å²) in [5, 5.41) is 120. The van der Waals surface area contributed by atoms with E-state index in [0.717, 1.165) is 37.2 Å². The monoisotopic (exact) mass is 1420 g/mol. The van der Waals surface area contributed by atoms with Gasteiger partial charge in [0.2, 0.25) is 17.7 Å². The number of nitrogens with zero attached hydrogens (tertiary/aromatic N) is 9. The Kier molecular flexibility index (Phi) is 47.3. The Morgan fingerprint density at radius 3 is 1.00 bits per heavy atom. The summed E-state index contributed by atoms with van der Waals surface area (Å²) in [6.07, 6.45) is 26.3. The van der Waals surface area contributed by atoms with Crippen molar-refractivity contribution in [1.82, 2.24) is 60.9 Å². The van der Waals surface area contributed by atoms with E-state index in [0.29, 0.717) is 71.2 Å². The number of ether oxygens (including phenoxy) is 3. The first kappa shape index (κ1) is 85.6. The van der Waals surface area contributed by atoms with Gasteiger partial charge in [-0.05, 0) is 48.7 Å². The van der Waals surface area contributed by atoms with Crippen molar-refractivity contribution in [3.05, 3.63) is 35.7 Å². The highest BCUT2D eigenvalue weighted by Crippen LogP contribution is 2.23. The highest BCUT2D eigenvalue weighted by molar-refractivity contribution is 7.99. The highest BCUT2D eigenvalue weighted by Gasteiger charge is 2.35. The van der Waals surface area contributed by atoms with Crippen LogP contribution in [0.5, 0.6) is 0 Å². The number of carbonyl (C=O) groups excluding carboxylic acids is 4. The number of unbranched alkanes of at least 4 members (excludes halogenated alkanes) is 13. The molecule has 0 saturated carbocycles. The normalized spacial score (nSPS) is 12.3. The van der Waals surface area contributed by atoms with Crippen molar-refractivity contribution >= 4 is 70.6 Å². The average Bonchev–Trinajstić information content (AvgIpc) is 2.08. The second-order valence-corrected chi connectivity index (χ2v) is 29.5. The molecule has 3 heterocycles. The SMILES string of the molecule is CCCCCCCCCCCCCCCCSCCC(=O)NC(COCc1cn(CCCSCCC(=O)CC(CO)(CO)CO)nn1)(COCc1cn(CCCSCCC(=O)NC(CO)(CO)CO)nn1)COCc1cn(CCCSCCC(=O)NC(CO)(CO)CO)nn1. The lowest BCUT2D eigenvalue weighted by Gasteiger charge is -2.34. The zero-order valence-corrected chi connectivity index (χ0v) is 59.5. The summed E-state index contributed by atoms with van der Waals surface area (Å²) in [5.41, 5.74) is -3.72. The van der Waals surface area contributed by atoms with Crippen LogP contribution >= 0.6 is 47.0 Å². The molecule has 0 unspecified atom stereocenters. The van der Waals surface area contributed by atoms with Crippen molar-refractivity contribution < 1.29 is 79.3 Å². The van der Waals surface area contributed by atoms with Gasteiger partial charge >= 0.3 is 0 Å². The van der Waals surface area contributed by atoms with Gasteiger partial charge in [0.1, 0.15) is 39.5 Å². The number of aryl methyl sites for hydroxylation is 3. The number of amides is 3. The number of nitrogens with one attached hydrogen (secondary N) is 3. The molecule has 95 heavy (non-hydrogen) atoms. The van der Waals surface area contributed by atoms with Crippen molar-refractivity contribution in [3.63, 3.8) is 0 Å². The van der Waals surface area contributed by atoms with Gasteiger partial charge in [-0.3, -0.25) is 33.2 Å². The maximum absolute atomic E-state index is 14.1. The molecule has 3 amide bonds. The molecule has 28 nitrogen and oxygen atoms in total. The van der Waals surface area contributed by atoms with E-state index in [-0.39, 0.29) is 95.3 Å². The molecule has 0 radical (unpaired) electrons. The Hall–Kier alpha value is -3.58. The minimum atomic E-state index is -1.47. The van der Waals surface area contributed by atoms with Gasteiger partial charge in [0.15, 0.2) is 0 Å². The molecule has 0 aliphatic rings. The van der Waals surface area contributed by atoms with Crippen molar-refractivity contribution in [3.8, 4) is 0 Å². The Morgan fingerprint density at radius 1 is 0.389 bits per heavy atom. The summed E-state index contributed by atoms with van der Waals surface area (Å²) < 4.78 is 24.3. The molecule has 3 aromatic heterocycles. The molecule has 0 saturated heterocycles. The number of aliphatic hydroxyl groups excluding tert-OH is 9. The Bertz CT molecular complexity index is 2210. The van der Waals surface area contributed by atoms with E-state index >= 15 is 0 Å². The van der Waals surface area contributed by atoms with E-state index in [4.69, 9.17) is 14.2 Å². The first-order chi connectivity index (χ1) is 46.2. The van der Waals surface area contributed by atoms with Crippen LogP contribution in [0, 0.1) is 5.41 Å². The predicted molar refractivity (Wildman–Crippen MR) is 369 cm³/mol. The summed E-state index contributed by atoms with van der Waals surface area (Å²) in [4.78, 5) is 51.4. The quantitative estimate of drug-likeness (QED) is 0.0361. The highest BCUT2D eigenvalue weighted by atomic mass is 32.2. The van der Waals surface area contributed by atoms with Crippen LogP contribution in [0.1, 0.15) is 165 Å². The largest absolute Gasteiger partial charge is 0.396 e. The molecule has 0 aliphatic heterocycles. The third-order valence-electron chi connectivity index (χ3n) is 15.9. The average molecular weight is 1420 g/mol. The number of carbonyl (C=O) groups is 4. The van der Waals surface area contributed by atoms with Gasteiger partial charge in [-0.25, -0.2) is 0 Å². The number of Topliss-reactive ketones (excluding diaryl/α,β-unsaturated/α-hetero) is 1. The Balaban J connectivity index is 1.67. The number of hydrogen-bond acceptors (Lipinski definition) is 26. The van der Waals surface area contributed by atoms with Crippen LogP contribution in [0.25, 0.3) is 0 Å². The molecule has 0 spiro atoms. The summed E-state index contributed by atoms with van der Waals surface area (Å²) in [5.74, 6) is 4.20. The van der Waals surface area contributed by atoms with Gasteiger partial charge < -0.3 is 76.1 Å². The maximum atomic E-state index is 14.1. The molecule has 3 aromatic rings. The van der Waals surface area contributed by atoms with Crippen LogP contribution in [0.3, 0.4) is 0 Å². The van der Waals surface area contributed by atoms with E-state index < -0.39 is 81.5 Å². The summed E-state index contributed by atoms with van der Waals surface area (Å²) >= 11 is 6.48. The molecular weight excluding hydrogens is 1310 g/mol. The number of ketones is 1. The maximum Gasteiger partial charge on any atom is 0.221 e. The van der Waals surface area contributed by atoms with Crippen molar-refractivity contribution in [2.45, 2.75) is 204 Å². The Labute approximate surface area is 578 Å². The molecule has 0 atom stereocenters. The van der Waals surface area contributed by atoms with Crippen LogP contribution < -0.4 is 16.0 Å². The lowest BCUT2D eigenvalue weighted by atomic mass is 9.85. The zero-order valence-electron chi connectivity index (χ0n) is 56.2. The van der Waals surface area contributed by atoms with Gasteiger partial charge in [0, 0.05) is 80.2 Å². The fourth-order valence-electron chi connectivity index (χ4n) is 9.74. The first-order valence-electron chi connectivity index (χ1n) is 33.8. The topological polar surface area (TPSA) is 406 Å². The van der Waals surface area contributed by atoms with E-state index in [1.165, 1.54) is 83.5 Å². The van der Waals surface area contributed by atoms with Crippen LogP contribution in [0.2, 0.25) is 0 Å². The standard InChI is InChI=1S/C63H114N12O16S4/c1-2-3-4-5-6-7-8-9-10-11-12-13-14-15-26-92-31-22-59(88)66-63(50-89-38-53-35-73(70-67-53)23-16-27-93-30-19-56(85)34-60(41-76,42-77)43-78,51-90-39-54-36-74(71-68-54)24-17-28-94-32-20-57(86)64-61(44-79,45-80)46-81)52-91-40-55-37-75(72-69-55)25-18-29-95-33-21-58(87)65-62(47-82,48-83)49-84/h35-37,76-84H,2-34,38-52H2,1H3,(H,64,86)(H,65,87)(H,66,88). The fraction of sp³-hybridized carbons (Fsp3) is 0.841. The van der Waals surface area contributed by atoms with E-state index in [2.05, 4.69) is 53.8 Å². The number of aromatic nitrogens is 9. The summed E-state index contributed by atoms with van der Waals surface area (Å²) in [7, 11) is 0. The zero-order chi connectivity index (χ0) is 69.1. The number of hydrogen-bond donors (Lipinski definition) is 12. The third-order valence-corrected chi connectivity index (χ3v) is 20.1. The molecule has 3 rings (SSSR count). The van der Waals surface area contributed by atoms with E-state index in [9.17, 15) is 65.1 Å². The molecule has 546 valence electrons. The molecule has 0 aromatic carbocycles. The number of aliphatic hydroxyl groups is 9. The second-order valence-electron chi connectivity index (χ2n) is 24.6. The minimum absolute atomic E-state index is 0.0441. The smallest absolute Gasteiger partial charge is 0.221 e. The second kappa shape index (κ2) is 52.4. The van der Waals surface area contributed by atoms with Crippen molar-refractivity contribution in [2.24, 2.45) is 5.41 Å². The predicted octanol–water partition coefficient (Wildman–Crippen LogP) is 3.00. The number of thioether (sulfide) groups is 4. The van der Waals surface area contributed by atoms with Gasteiger partial charge in [-0.2, -0.15) is 47.0 Å². The van der Waals surface area contributed by atoms with Gasteiger partial charge in [0.25, 0.3) is 0 Å². The molecule has 0 fully saturated rings. The van der Waals surface area contributed by atoms with Crippen LogP contribution in [-0.4, -0.2) is 256 Å². The number of rotatable bonds is 65. The lowest BCUT2D eigenvalue weighted by molar-refractivity contribution is -0.128. The van der Waals surface area contributed by atoms with E-state index in [1.54, 1.807) is 79.7 Å². The van der Waals surface area contributed by atoms with Crippen molar-refractivity contribution in [2.75, 3.05) is 125 Å². The Morgan fingerprint density at radius 2 is 0.684 bits per heavy atom. The van der Waals surface area contributed by atoms with Crippen LogP contribution in [-0.2, 0) is 72.8 Å². The molecule has 0 bridgehead atoms. The molecular formula is C63H114N12O16S4. The first-order valence-corrected chi connectivity index (χ1v) is 38.4. The summed E-state index contributed by atoms with van der Waals surface area (Å²) in [6, 6.07) is 0. The van der Waals surface area contributed by atoms with Crippen LogP contribution in [0.4, 0.5) is 0 Å². The third kappa shape index (κ3) is 37.4.